The average Bonchev–Trinajstić information content (AvgIpc) is 2.43. The molecule has 0 saturated carbocycles. The van der Waals surface area contributed by atoms with E-state index >= 15 is 0 Å². The topological polar surface area (TPSA) is 38.5 Å². The van der Waals surface area contributed by atoms with Gasteiger partial charge in [-0.2, -0.15) is 0 Å². The molecule has 19 heavy (non-hydrogen) atoms. The number of nitrogens with two attached hydrogens (primary N) is 1. The van der Waals surface area contributed by atoms with E-state index < -0.39 is 0 Å². The third-order valence-electron chi connectivity index (χ3n) is 3.80. The monoisotopic (exact) mass is 262 g/mol. The Hall–Kier alpha value is -1.22. The molecule has 0 aromatic heterocycles. The highest BCUT2D eigenvalue weighted by Gasteiger charge is 2.27. The van der Waals surface area contributed by atoms with Crippen molar-refractivity contribution in [2.45, 2.75) is 46.3 Å². The highest BCUT2D eigenvalue weighted by atomic mass is 16.5. The van der Waals surface area contributed by atoms with Crippen molar-refractivity contribution in [3.63, 3.8) is 0 Å². The van der Waals surface area contributed by atoms with Crippen molar-refractivity contribution in [1.29, 1.82) is 0 Å². The van der Waals surface area contributed by atoms with Crippen LogP contribution in [0, 0.1) is 5.92 Å². The number of rotatable bonds is 5. The molecule has 1 aromatic rings. The molecule has 2 rings (SSSR count). The molecule has 106 valence electrons. The van der Waals surface area contributed by atoms with Gasteiger partial charge in [-0.15, -0.1) is 0 Å². The first-order valence-electron chi connectivity index (χ1n) is 7.40. The molecule has 1 aliphatic heterocycles. The van der Waals surface area contributed by atoms with Crippen LogP contribution >= 0.6 is 0 Å². The van der Waals surface area contributed by atoms with Crippen LogP contribution in [-0.2, 0) is 6.54 Å². The lowest BCUT2D eigenvalue weighted by atomic mass is 10.0. The predicted octanol–water partition coefficient (Wildman–Crippen LogP) is 3.17. The summed E-state index contributed by atoms with van der Waals surface area (Å²) in [4.78, 5) is 2.47. The molecule has 0 radical (unpaired) electrons. The summed E-state index contributed by atoms with van der Waals surface area (Å²) in [6, 6.07) is 6.36. The molecule has 0 amide bonds. The maximum Gasteiger partial charge on any atom is 0.143 e. The van der Waals surface area contributed by atoms with Crippen molar-refractivity contribution in [3.8, 4) is 5.75 Å². The van der Waals surface area contributed by atoms with E-state index in [1.165, 1.54) is 18.5 Å². The third-order valence-corrected chi connectivity index (χ3v) is 3.80. The van der Waals surface area contributed by atoms with Crippen LogP contribution in [0.15, 0.2) is 18.2 Å². The number of benzene rings is 1. The van der Waals surface area contributed by atoms with Gasteiger partial charge in [-0.1, -0.05) is 33.3 Å². The molecular weight excluding hydrogens is 236 g/mol. The minimum atomic E-state index is 0.275. The number of ether oxygens (including phenoxy) is 1. The van der Waals surface area contributed by atoms with Gasteiger partial charge in [0.05, 0.1) is 12.2 Å². The maximum atomic E-state index is 6.15. The Kier molecular flexibility index (Phi) is 4.70. The lowest BCUT2D eigenvalue weighted by Crippen LogP contribution is -2.43. The zero-order chi connectivity index (χ0) is 13.8. The normalized spacial score (nSPS) is 18.4. The van der Waals surface area contributed by atoms with E-state index in [4.69, 9.17) is 10.5 Å². The second-order valence-corrected chi connectivity index (χ2v) is 5.71. The first-order valence-corrected chi connectivity index (χ1v) is 7.40. The largest absolute Gasteiger partial charge is 0.486 e. The lowest BCUT2D eigenvalue weighted by Gasteiger charge is -2.38. The lowest BCUT2D eigenvalue weighted by molar-refractivity contribution is 0.145. The van der Waals surface area contributed by atoms with Gasteiger partial charge in [-0.05, 0) is 30.0 Å². The molecule has 1 heterocycles. The number of unbranched alkanes of at least 4 members (excludes halogenated alkanes) is 1. The van der Waals surface area contributed by atoms with Crippen molar-refractivity contribution in [1.82, 2.24) is 0 Å². The van der Waals surface area contributed by atoms with E-state index in [2.05, 4.69) is 43.9 Å². The fourth-order valence-electron chi connectivity index (χ4n) is 2.46. The van der Waals surface area contributed by atoms with Crippen LogP contribution in [0.1, 0.15) is 39.2 Å². The Morgan fingerprint density at radius 2 is 2.21 bits per heavy atom. The molecule has 1 aromatic carbocycles. The molecule has 0 saturated heterocycles. The van der Waals surface area contributed by atoms with Crippen LogP contribution in [0.25, 0.3) is 0 Å². The van der Waals surface area contributed by atoms with E-state index in [1.54, 1.807) is 0 Å². The van der Waals surface area contributed by atoms with Crippen molar-refractivity contribution in [3.05, 3.63) is 23.8 Å². The number of anilines is 1. The molecule has 3 nitrogen and oxygen atoms in total. The van der Waals surface area contributed by atoms with Gasteiger partial charge in [0, 0.05) is 13.1 Å². The smallest absolute Gasteiger partial charge is 0.143 e. The molecule has 1 atom stereocenters. The Balaban J connectivity index is 2.26. The summed E-state index contributed by atoms with van der Waals surface area (Å²) >= 11 is 0. The van der Waals surface area contributed by atoms with Gasteiger partial charge in [0.2, 0.25) is 0 Å². The van der Waals surface area contributed by atoms with Crippen LogP contribution in [0.5, 0.6) is 5.75 Å². The average molecular weight is 262 g/mol. The number of fused-ring (bicyclic) bond motifs is 1. The second kappa shape index (κ2) is 6.29. The summed E-state index contributed by atoms with van der Waals surface area (Å²) in [6.07, 6.45) is 2.72. The Morgan fingerprint density at radius 1 is 1.42 bits per heavy atom. The fourth-order valence-corrected chi connectivity index (χ4v) is 2.46. The fraction of sp³-hybridized carbons (Fsp3) is 0.625. The molecule has 1 unspecified atom stereocenters. The van der Waals surface area contributed by atoms with E-state index in [-0.39, 0.29) is 6.10 Å². The van der Waals surface area contributed by atoms with Gasteiger partial charge < -0.3 is 15.4 Å². The summed E-state index contributed by atoms with van der Waals surface area (Å²) in [7, 11) is 0. The summed E-state index contributed by atoms with van der Waals surface area (Å²) < 4.78 is 6.15. The molecule has 0 bridgehead atoms. The molecule has 3 heteroatoms. The highest BCUT2D eigenvalue weighted by Crippen LogP contribution is 2.35. The Bertz CT molecular complexity index is 417. The number of hydrogen-bond acceptors (Lipinski definition) is 3. The molecule has 0 spiro atoms. The number of nitrogens with zero attached hydrogens (tertiary/aromatic N) is 1. The quantitative estimate of drug-likeness (QED) is 0.886. The van der Waals surface area contributed by atoms with Crippen LogP contribution < -0.4 is 15.4 Å². The highest BCUT2D eigenvalue weighted by molar-refractivity contribution is 5.61. The third kappa shape index (κ3) is 3.21. The van der Waals surface area contributed by atoms with E-state index in [9.17, 15) is 0 Å². The molecule has 0 fully saturated rings. The maximum absolute atomic E-state index is 6.15. The molecule has 0 aliphatic carbocycles. The van der Waals surface area contributed by atoms with Gasteiger partial charge in [0.25, 0.3) is 0 Å². The molecule has 1 aliphatic rings. The SMILES string of the molecule is CCCCN1CC(C(C)C)Oc2cc(CN)ccc21. The van der Waals surface area contributed by atoms with E-state index in [1.807, 2.05) is 0 Å². The van der Waals surface area contributed by atoms with Crippen LogP contribution in [0.2, 0.25) is 0 Å². The van der Waals surface area contributed by atoms with Crippen molar-refractivity contribution in [2.24, 2.45) is 11.7 Å². The summed E-state index contributed by atoms with van der Waals surface area (Å²) in [5, 5.41) is 0. The zero-order valence-corrected chi connectivity index (χ0v) is 12.4. The van der Waals surface area contributed by atoms with Crippen LogP contribution in [0.4, 0.5) is 5.69 Å². The van der Waals surface area contributed by atoms with Gasteiger partial charge >= 0.3 is 0 Å². The standard InChI is InChI=1S/C16H26N2O/c1-4-5-8-18-11-16(12(2)3)19-15-9-13(10-17)6-7-14(15)18/h6-7,9,12,16H,4-5,8,10-11,17H2,1-3H3. The van der Waals surface area contributed by atoms with Crippen LogP contribution in [0.3, 0.4) is 0 Å². The molecular formula is C16H26N2O. The van der Waals surface area contributed by atoms with Crippen molar-refractivity contribution >= 4 is 5.69 Å². The first kappa shape index (κ1) is 14.2. The van der Waals surface area contributed by atoms with Crippen LogP contribution in [-0.4, -0.2) is 19.2 Å². The second-order valence-electron chi connectivity index (χ2n) is 5.71. The van der Waals surface area contributed by atoms with Gasteiger partial charge in [0.15, 0.2) is 0 Å². The zero-order valence-electron chi connectivity index (χ0n) is 12.4. The van der Waals surface area contributed by atoms with Crippen molar-refractivity contribution < 1.29 is 4.74 Å². The summed E-state index contributed by atoms with van der Waals surface area (Å²) in [5.74, 6) is 1.53. The van der Waals surface area contributed by atoms with Gasteiger partial charge in [0.1, 0.15) is 11.9 Å². The summed E-state index contributed by atoms with van der Waals surface area (Å²) in [5.41, 5.74) is 8.09. The van der Waals surface area contributed by atoms with Gasteiger partial charge in [-0.25, -0.2) is 0 Å². The van der Waals surface area contributed by atoms with E-state index in [0.29, 0.717) is 12.5 Å². The molecule has 2 N–H and O–H groups in total. The van der Waals surface area contributed by atoms with Crippen molar-refractivity contribution in [2.75, 3.05) is 18.0 Å². The minimum Gasteiger partial charge on any atom is -0.486 e. The number of hydrogen-bond donors (Lipinski definition) is 1. The Labute approximate surface area is 116 Å². The van der Waals surface area contributed by atoms with E-state index in [0.717, 1.165) is 24.4 Å². The summed E-state index contributed by atoms with van der Waals surface area (Å²) in [6.45, 7) is 9.35. The van der Waals surface area contributed by atoms with Gasteiger partial charge in [-0.3, -0.25) is 0 Å². The predicted molar refractivity (Wildman–Crippen MR) is 80.7 cm³/mol. The Morgan fingerprint density at radius 3 is 2.84 bits per heavy atom. The minimum absolute atomic E-state index is 0.275. The first-order chi connectivity index (χ1) is 9.15.